The highest BCUT2D eigenvalue weighted by Crippen LogP contribution is 2.41. The van der Waals surface area contributed by atoms with Crippen LogP contribution < -0.4 is 14.2 Å². The van der Waals surface area contributed by atoms with Crippen molar-refractivity contribution in [1.82, 2.24) is 0 Å². The molecule has 0 bridgehead atoms. The van der Waals surface area contributed by atoms with Gasteiger partial charge in [0.15, 0.2) is 11.5 Å². The van der Waals surface area contributed by atoms with E-state index >= 15 is 0 Å². The minimum absolute atomic E-state index is 0.701. The molecule has 0 aliphatic carbocycles. The minimum atomic E-state index is 0.701. The summed E-state index contributed by atoms with van der Waals surface area (Å²) in [6.45, 7) is 3.60. The van der Waals surface area contributed by atoms with Gasteiger partial charge < -0.3 is 14.2 Å². The first-order chi connectivity index (χ1) is 12.8. The molecule has 144 valence electrons. The van der Waals surface area contributed by atoms with Gasteiger partial charge in [-0.05, 0) is 19.3 Å². The van der Waals surface area contributed by atoms with E-state index in [1.165, 1.54) is 12.8 Å². The van der Waals surface area contributed by atoms with Gasteiger partial charge in [0.25, 0.3) is 0 Å². The van der Waals surface area contributed by atoms with Crippen molar-refractivity contribution in [2.75, 3.05) is 26.2 Å². The molecule has 0 aliphatic heterocycles. The average Bonchev–Trinajstić information content (AvgIpc) is 2.68. The van der Waals surface area contributed by atoms with E-state index < -0.39 is 0 Å². The summed E-state index contributed by atoms with van der Waals surface area (Å²) in [4.78, 5) is 0. The van der Waals surface area contributed by atoms with Crippen molar-refractivity contribution < 1.29 is 14.2 Å². The summed E-state index contributed by atoms with van der Waals surface area (Å²) in [6.07, 6.45) is 7.80. The van der Waals surface area contributed by atoms with Crippen molar-refractivity contribution in [3.63, 3.8) is 0 Å². The minimum Gasteiger partial charge on any atom is -0.493 e. The third kappa shape index (κ3) is 5.98. The van der Waals surface area contributed by atoms with Crippen molar-refractivity contribution in [3.05, 3.63) is 30.3 Å². The summed E-state index contributed by atoms with van der Waals surface area (Å²) in [5, 5.41) is 2.11. The first kappa shape index (κ1) is 20.7. The Morgan fingerprint density at radius 1 is 0.808 bits per heavy atom. The Bertz CT molecular complexity index is 657. The summed E-state index contributed by atoms with van der Waals surface area (Å²) in [6, 6.07) is 10.2. The molecular weight excluding hydrogens is 348 g/mol. The highest BCUT2D eigenvalue weighted by molar-refractivity contribution is 6.17. The smallest absolute Gasteiger partial charge is 0.169 e. The number of alkyl halides is 1. The third-order valence-corrected chi connectivity index (χ3v) is 4.69. The van der Waals surface area contributed by atoms with E-state index in [-0.39, 0.29) is 0 Å². The normalized spacial score (nSPS) is 10.9. The number of unbranched alkanes of at least 4 members (excludes halogenated alkanes) is 5. The largest absolute Gasteiger partial charge is 0.493 e. The van der Waals surface area contributed by atoms with Crippen LogP contribution in [0.15, 0.2) is 30.3 Å². The van der Waals surface area contributed by atoms with Gasteiger partial charge in [-0.2, -0.15) is 0 Å². The number of halogens is 1. The summed E-state index contributed by atoms with van der Waals surface area (Å²) in [7, 11) is 1.68. The lowest BCUT2D eigenvalue weighted by Crippen LogP contribution is -2.02. The van der Waals surface area contributed by atoms with Crippen LogP contribution >= 0.6 is 11.6 Å². The van der Waals surface area contributed by atoms with E-state index in [0.29, 0.717) is 13.2 Å². The molecule has 0 saturated carbocycles. The number of fused-ring (bicyclic) bond motifs is 1. The average molecular weight is 379 g/mol. The second kappa shape index (κ2) is 11.9. The summed E-state index contributed by atoms with van der Waals surface area (Å²) in [5.41, 5.74) is 0. The van der Waals surface area contributed by atoms with Gasteiger partial charge in [0.2, 0.25) is 0 Å². The van der Waals surface area contributed by atoms with Crippen molar-refractivity contribution in [2.45, 2.75) is 51.9 Å². The van der Waals surface area contributed by atoms with Crippen molar-refractivity contribution >= 4 is 22.4 Å². The van der Waals surface area contributed by atoms with Gasteiger partial charge in [-0.15, -0.1) is 11.6 Å². The second-order valence-corrected chi connectivity index (χ2v) is 6.84. The van der Waals surface area contributed by atoms with Crippen LogP contribution in [0.5, 0.6) is 17.2 Å². The Kier molecular flexibility index (Phi) is 9.47. The molecule has 26 heavy (non-hydrogen) atoms. The molecule has 4 heteroatoms. The Balaban J connectivity index is 2.13. The van der Waals surface area contributed by atoms with Crippen LogP contribution in [-0.4, -0.2) is 26.2 Å². The van der Waals surface area contributed by atoms with Crippen LogP contribution in [0.25, 0.3) is 10.8 Å². The van der Waals surface area contributed by atoms with Gasteiger partial charge in [0.1, 0.15) is 5.75 Å². The maximum absolute atomic E-state index is 6.08. The molecule has 2 aromatic rings. The monoisotopic (exact) mass is 378 g/mol. The fraction of sp³-hybridized carbons (Fsp3) is 0.545. The van der Waals surface area contributed by atoms with E-state index in [1.54, 1.807) is 7.11 Å². The molecule has 0 fully saturated rings. The standard InChI is InChI=1S/C22H31ClO3/c1-3-4-10-16-26-22-19-13-8-7-12-18(19)20(17-21(22)24-2)25-15-11-6-5-9-14-23/h7-8,12-13,17H,3-6,9-11,14-16H2,1-2H3. The highest BCUT2D eigenvalue weighted by Gasteiger charge is 2.15. The van der Waals surface area contributed by atoms with Gasteiger partial charge >= 0.3 is 0 Å². The first-order valence-electron chi connectivity index (χ1n) is 9.73. The number of hydrogen-bond donors (Lipinski definition) is 0. The van der Waals surface area contributed by atoms with Crippen LogP contribution in [-0.2, 0) is 0 Å². The van der Waals surface area contributed by atoms with Crippen LogP contribution in [0.4, 0.5) is 0 Å². The Labute approximate surface area is 162 Å². The van der Waals surface area contributed by atoms with E-state index in [9.17, 15) is 0 Å². The maximum atomic E-state index is 6.08. The predicted octanol–water partition coefficient (Wildman–Crippen LogP) is 6.60. The van der Waals surface area contributed by atoms with Gasteiger partial charge in [0, 0.05) is 22.7 Å². The number of benzene rings is 2. The quantitative estimate of drug-likeness (QED) is 0.290. The summed E-state index contributed by atoms with van der Waals surface area (Å²) < 4.78 is 17.7. The van der Waals surface area contributed by atoms with Crippen LogP contribution in [0.2, 0.25) is 0 Å². The van der Waals surface area contributed by atoms with Gasteiger partial charge in [0.05, 0.1) is 20.3 Å². The topological polar surface area (TPSA) is 27.7 Å². The van der Waals surface area contributed by atoms with Crippen molar-refractivity contribution in [1.29, 1.82) is 0 Å². The zero-order valence-corrected chi connectivity index (χ0v) is 16.8. The predicted molar refractivity (Wildman–Crippen MR) is 110 cm³/mol. The fourth-order valence-electron chi connectivity index (χ4n) is 2.97. The van der Waals surface area contributed by atoms with Crippen LogP contribution in [0.1, 0.15) is 51.9 Å². The van der Waals surface area contributed by atoms with Crippen LogP contribution in [0.3, 0.4) is 0 Å². The fourth-order valence-corrected chi connectivity index (χ4v) is 3.16. The molecule has 0 unspecified atom stereocenters. The zero-order valence-electron chi connectivity index (χ0n) is 16.1. The molecule has 0 aliphatic rings. The first-order valence-corrected chi connectivity index (χ1v) is 10.3. The molecule has 0 heterocycles. The molecule has 0 atom stereocenters. The second-order valence-electron chi connectivity index (χ2n) is 6.46. The molecule has 2 aromatic carbocycles. The number of ether oxygens (including phenoxy) is 3. The number of rotatable bonds is 13. The highest BCUT2D eigenvalue weighted by atomic mass is 35.5. The molecule has 2 rings (SSSR count). The lowest BCUT2D eigenvalue weighted by atomic mass is 10.1. The van der Waals surface area contributed by atoms with Crippen molar-refractivity contribution in [2.24, 2.45) is 0 Å². The summed E-state index contributed by atoms with van der Waals surface area (Å²) >= 11 is 5.72. The SMILES string of the molecule is CCCCCOc1c(OC)cc(OCCCCCCCl)c2ccccc12. The maximum Gasteiger partial charge on any atom is 0.169 e. The molecule has 0 N–H and O–H groups in total. The molecule has 0 amide bonds. The summed E-state index contributed by atoms with van der Waals surface area (Å²) in [5.74, 6) is 3.14. The van der Waals surface area contributed by atoms with E-state index in [4.69, 9.17) is 25.8 Å². The van der Waals surface area contributed by atoms with Gasteiger partial charge in [-0.3, -0.25) is 0 Å². The third-order valence-electron chi connectivity index (χ3n) is 4.42. The lowest BCUT2D eigenvalue weighted by molar-refractivity contribution is 0.284. The van der Waals surface area contributed by atoms with Crippen LogP contribution in [0, 0.1) is 0 Å². The Morgan fingerprint density at radius 2 is 1.50 bits per heavy atom. The molecule has 0 spiro atoms. The molecular formula is C22H31ClO3. The zero-order chi connectivity index (χ0) is 18.6. The molecule has 0 saturated heterocycles. The van der Waals surface area contributed by atoms with Crippen molar-refractivity contribution in [3.8, 4) is 17.2 Å². The molecule has 0 aromatic heterocycles. The van der Waals surface area contributed by atoms with E-state index in [1.807, 2.05) is 18.2 Å². The number of methoxy groups -OCH3 is 1. The van der Waals surface area contributed by atoms with Gasteiger partial charge in [-0.1, -0.05) is 56.9 Å². The Hall–Kier alpha value is -1.61. The molecule has 0 radical (unpaired) electrons. The lowest BCUT2D eigenvalue weighted by Gasteiger charge is -2.17. The van der Waals surface area contributed by atoms with E-state index in [0.717, 1.165) is 66.0 Å². The molecule has 3 nitrogen and oxygen atoms in total. The van der Waals surface area contributed by atoms with Gasteiger partial charge in [-0.25, -0.2) is 0 Å². The Morgan fingerprint density at radius 3 is 2.23 bits per heavy atom. The number of hydrogen-bond acceptors (Lipinski definition) is 3. The van der Waals surface area contributed by atoms with E-state index in [2.05, 4.69) is 19.1 Å².